The van der Waals surface area contributed by atoms with Crippen molar-refractivity contribution in [3.63, 3.8) is 0 Å². The minimum atomic E-state index is -0.614. The molecule has 0 aliphatic rings. The van der Waals surface area contributed by atoms with Crippen LogP contribution >= 0.6 is 0 Å². The van der Waals surface area contributed by atoms with Crippen LogP contribution in [0.1, 0.15) is 10.4 Å². The summed E-state index contributed by atoms with van der Waals surface area (Å²) in [7, 11) is 0. The van der Waals surface area contributed by atoms with Crippen molar-refractivity contribution >= 4 is 22.6 Å². The molecule has 0 unspecified atom stereocenters. The first-order valence-corrected chi connectivity index (χ1v) is 9.74. The van der Waals surface area contributed by atoms with Crippen molar-refractivity contribution in [3.05, 3.63) is 97.1 Å². The van der Waals surface area contributed by atoms with Crippen LogP contribution in [0.5, 0.6) is 11.5 Å². The first-order chi connectivity index (χ1) is 15.7. The lowest BCUT2D eigenvalue weighted by Crippen LogP contribution is -2.12. The molecule has 0 radical (unpaired) electrons. The van der Waals surface area contributed by atoms with Crippen LogP contribution in [-0.2, 0) is 0 Å². The summed E-state index contributed by atoms with van der Waals surface area (Å²) < 4.78 is 20.7. The fourth-order valence-corrected chi connectivity index (χ4v) is 3.34. The lowest BCUT2D eigenvalue weighted by Gasteiger charge is -2.11. The highest BCUT2D eigenvalue weighted by Crippen LogP contribution is 2.37. The number of hydrogen-bond acceptors (Lipinski definition) is 5. The first-order valence-electron chi connectivity index (χ1n) is 9.74. The molecule has 5 rings (SSSR count). The molecule has 2 N–H and O–H groups in total. The molecular formula is C24H16FN5O2. The van der Waals surface area contributed by atoms with Crippen molar-refractivity contribution in [2.24, 2.45) is 0 Å². The minimum absolute atomic E-state index is 0.0233. The molecule has 1 aromatic carbocycles. The summed E-state index contributed by atoms with van der Waals surface area (Å²) in [5.74, 6) is -0.524. The van der Waals surface area contributed by atoms with Gasteiger partial charge in [-0.3, -0.25) is 14.8 Å². The Hall–Kier alpha value is -4.59. The Labute approximate surface area is 182 Å². The lowest BCUT2D eigenvalue weighted by atomic mass is 10.1. The Morgan fingerprint density at radius 1 is 0.969 bits per heavy atom. The fraction of sp³-hybridized carbons (Fsp3) is 0. The van der Waals surface area contributed by atoms with Gasteiger partial charge in [0.25, 0.3) is 5.91 Å². The number of anilines is 1. The van der Waals surface area contributed by atoms with Crippen molar-refractivity contribution in [1.29, 1.82) is 0 Å². The van der Waals surface area contributed by atoms with E-state index >= 15 is 0 Å². The third-order valence-corrected chi connectivity index (χ3v) is 4.84. The molecule has 0 saturated carbocycles. The number of rotatable bonds is 5. The molecule has 156 valence electrons. The maximum absolute atomic E-state index is 14.8. The van der Waals surface area contributed by atoms with Crippen molar-refractivity contribution in [1.82, 2.24) is 19.9 Å². The zero-order chi connectivity index (χ0) is 21.9. The molecule has 0 atom stereocenters. The summed E-state index contributed by atoms with van der Waals surface area (Å²) in [6.45, 7) is 0. The SMILES string of the molecule is O=C(Nc1ccc(Oc2ccnc3[nH]cc(-c4cccnc4)c23)c(F)c1)c1cccnc1. The second-order valence-electron chi connectivity index (χ2n) is 6.92. The van der Waals surface area contributed by atoms with Gasteiger partial charge in [0, 0.05) is 60.1 Å². The second-order valence-corrected chi connectivity index (χ2v) is 6.92. The van der Waals surface area contributed by atoms with E-state index in [1.807, 2.05) is 18.3 Å². The molecule has 8 heteroatoms. The number of hydrogen-bond donors (Lipinski definition) is 2. The van der Waals surface area contributed by atoms with E-state index in [0.29, 0.717) is 28.0 Å². The first kappa shape index (κ1) is 19.4. The van der Waals surface area contributed by atoms with E-state index in [-0.39, 0.29) is 11.7 Å². The van der Waals surface area contributed by atoms with E-state index in [0.717, 1.165) is 11.1 Å². The van der Waals surface area contributed by atoms with E-state index in [2.05, 4.69) is 25.3 Å². The van der Waals surface area contributed by atoms with Crippen molar-refractivity contribution < 1.29 is 13.9 Å². The maximum atomic E-state index is 14.8. The number of amides is 1. The quantitative estimate of drug-likeness (QED) is 0.404. The monoisotopic (exact) mass is 425 g/mol. The standard InChI is InChI=1S/C24H16FN5O2/c25-19-11-17(30-24(31)16-4-2-9-27-13-16)5-6-20(19)32-21-7-10-28-23-22(21)18(14-29-23)15-3-1-8-26-12-15/h1-14H,(H,28,29)(H,30,31). The molecule has 5 aromatic rings. The molecule has 0 saturated heterocycles. The summed E-state index contributed by atoms with van der Waals surface area (Å²) in [5, 5.41) is 3.37. The van der Waals surface area contributed by atoms with Crippen LogP contribution in [0.25, 0.3) is 22.2 Å². The number of carbonyl (C=O) groups is 1. The number of ether oxygens (including phenoxy) is 1. The van der Waals surface area contributed by atoms with Gasteiger partial charge in [0.1, 0.15) is 11.4 Å². The smallest absolute Gasteiger partial charge is 0.257 e. The van der Waals surface area contributed by atoms with Crippen molar-refractivity contribution in [3.8, 4) is 22.6 Å². The minimum Gasteiger partial charge on any atom is -0.453 e. The Balaban J connectivity index is 1.43. The maximum Gasteiger partial charge on any atom is 0.257 e. The molecule has 0 bridgehead atoms. The predicted molar refractivity (Wildman–Crippen MR) is 118 cm³/mol. The molecule has 0 spiro atoms. The summed E-state index contributed by atoms with van der Waals surface area (Å²) >= 11 is 0. The van der Waals surface area contributed by atoms with E-state index < -0.39 is 5.82 Å². The Morgan fingerprint density at radius 3 is 2.56 bits per heavy atom. The van der Waals surface area contributed by atoms with Gasteiger partial charge in [-0.2, -0.15) is 0 Å². The molecule has 7 nitrogen and oxygen atoms in total. The van der Waals surface area contributed by atoms with Gasteiger partial charge in [0.05, 0.1) is 10.9 Å². The molecular weight excluding hydrogens is 409 g/mol. The van der Waals surface area contributed by atoms with Gasteiger partial charge in [-0.15, -0.1) is 0 Å². The molecule has 0 aliphatic heterocycles. The van der Waals surface area contributed by atoms with E-state index in [1.165, 1.54) is 18.3 Å². The number of H-pyrrole nitrogens is 1. The van der Waals surface area contributed by atoms with E-state index in [4.69, 9.17) is 4.74 Å². The van der Waals surface area contributed by atoms with Gasteiger partial charge < -0.3 is 15.0 Å². The number of aromatic nitrogens is 4. The number of pyridine rings is 3. The van der Waals surface area contributed by atoms with Crippen LogP contribution in [0.3, 0.4) is 0 Å². The van der Waals surface area contributed by atoms with Crippen molar-refractivity contribution in [2.45, 2.75) is 0 Å². The highest BCUT2D eigenvalue weighted by Gasteiger charge is 2.15. The van der Waals surface area contributed by atoms with Crippen LogP contribution in [0.4, 0.5) is 10.1 Å². The summed E-state index contributed by atoms with van der Waals surface area (Å²) in [6.07, 6.45) is 9.84. The van der Waals surface area contributed by atoms with Crippen LogP contribution in [0.15, 0.2) is 85.7 Å². The molecule has 1 amide bonds. The number of halogens is 1. The van der Waals surface area contributed by atoms with Crippen LogP contribution in [0.2, 0.25) is 0 Å². The third kappa shape index (κ3) is 3.77. The molecule has 0 aliphatic carbocycles. The average molecular weight is 425 g/mol. The average Bonchev–Trinajstić information content (AvgIpc) is 3.27. The zero-order valence-corrected chi connectivity index (χ0v) is 16.6. The summed E-state index contributed by atoms with van der Waals surface area (Å²) in [5.41, 5.74) is 3.02. The van der Waals surface area contributed by atoms with E-state index in [9.17, 15) is 9.18 Å². The number of nitrogens with zero attached hydrogens (tertiary/aromatic N) is 3. The molecule has 0 fully saturated rings. The second kappa shape index (κ2) is 8.27. The number of benzene rings is 1. The number of nitrogens with one attached hydrogen (secondary N) is 2. The third-order valence-electron chi connectivity index (χ3n) is 4.84. The highest BCUT2D eigenvalue weighted by atomic mass is 19.1. The summed E-state index contributed by atoms with van der Waals surface area (Å²) in [4.78, 5) is 27.8. The van der Waals surface area contributed by atoms with Gasteiger partial charge in [-0.05, 0) is 36.4 Å². The largest absolute Gasteiger partial charge is 0.453 e. The molecule has 4 heterocycles. The Kier molecular flexibility index (Phi) is 5.01. The molecule has 4 aromatic heterocycles. The van der Waals surface area contributed by atoms with Crippen LogP contribution in [0, 0.1) is 5.82 Å². The number of fused-ring (bicyclic) bond motifs is 1. The van der Waals surface area contributed by atoms with Gasteiger partial charge in [0.15, 0.2) is 11.6 Å². The van der Waals surface area contributed by atoms with Crippen LogP contribution in [-0.4, -0.2) is 25.8 Å². The lowest BCUT2D eigenvalue weighted by molar-refractivity contribution is 0.102. The zero-order valence-electron chi connectivity index (χ0n) is 16.6. The van der Waals surface area contributed by atoms with Gasteiger partial charge in [0.2, 0.25) is 0 Å². The van der Waals surface area contributed by atoms with Crippen LogP contribution < -0.4 is 10.1 Å². The molecule has 32 heavy (non-hydrogen) atoms. The number of carbonyl (C=O) groups excluding carboxylic acids is 1. The van der Waals surface area contributed by atoms with Gasteiger partial charge in [-0.1, -0.05) is 6.07 Å². The van der Waals surface area contributed by atoms with Crippen molar-refractivity contribution in [2.75, 3.05) is 5.32 Å². The normalized spacial score (nSPS) is 10.8. The Bertz CT molecular complexity index is 1400. The summed E-state index contributed by atoms with van der Waals surface area (Å²) in [6, 6.07) is 13.0. The van der Waals surface area contributed by atoms with Gasteiger partial charge in [-0.25, -0.2) is 9.37 Å². The van der Waals surface area contributed by atoms with Gasteiger partial charge >= 0.3 is 0 Å². The predicted octanol–water partition coefficient (Wildman–Crippen LogP) is 5.20. The highest BCUT2D eigenvalue weighted by molar-refractivity contribution is 6.04. The Morgan fingerprint density at radius 2 is 1.81 bits per heavy atom. The fourth-order valence-electron chi connectivity index (χ4n) is 3.34. The van der Waals surface area contributed by atoms with E-state index in [1.54, 1.807) is 49.1 Å². The topological polar surface area (TPSA) is 92.8 Å². The number of aromatic amines is 1.